The summed E-state index contributed by atoms with van der Waals surface area (Å²) in [5.41, 5.74) is 1.35. The Labute approximate surface area is 123 Å². The van der Waals surface area contributed by atoms with Crippen LogP contribution in [0, 0.1) is 0 Å². The van der Waals surface area contributed by atoms with E-state index in [2.05, 4.69) is 31.3 Å². The van der Waals surface area contributed by atoms with E-state index in [0.29, 0.717) is 6.04 Å². The second kappa shape index (κ2) is 10.3. The minimum atomic E-state index is 0.539. The van der Waals surface area contributed by atoms with Gasteiger partial charge in [0.2, 0.25) is 0 Å². The fourth-order valence-corrected chi connectivity index (χ4v) is 2.43. The quantitative estimate of drug-likeness (QED) is 0.580. The molecule has 0 aromatic heterocycles. The Bertz CT molecular complexity index is 321. The van der Waals surface area contributed by atoms with Crippen molar-refractivity contribution in [1.82, 2.24) is 5.32 Å². The molecule has 1 aromatic rings. The summed E-state index contributed by atoms with van der Waals surface area (Å²) >= 11 is 5.89. The van der Waals surface area contributed by atoms with E-state index in [1.54, 1.807) is 0 Å². The lowest BCUT2D eigenvalue weighted by Gasteiger charge is -2.13. The zero-order valence-corrected chi connectivity index (χ0v) is 13.2. The van der Waals surface area contributed by atoms with Crippen LogP contribution in [0.25, 0.3) is 0 Å². The van der Waals surface area contributed by atoms with Gasteiger partial charge in [0.05, 0.1) is 0 Å². The molecule has 1 rings (SSSR count). The summed E-state index contributed by atoms with van der Waals surface area (Å²) in [6.07, 6.45) is 9.25. The Morgan fingerprint density at radius 3 is 2.32 bits per heavy atom. The molecule has 1 atom stereocenters. The number of nitrogens with one attached hydrogen (secondary N) is 1. The fourth-order valence-electron chi connectivity index (χ4n) is 2.30. The second-order valence-corrected chi connectivity index (χ2v) is 5.89. The maximum Gasteiger partial charge on any atom is 0.0406 e. The van der Waals surface area contributed by atoms with Gasteiger partial charge >= 0.3 is 0 Å². The third-order valence-corrected chi connectivity index (χ3v) is 3.73. The molecule has 1 unspecified atom stereocenters. The molecule has 1 nitrogen and oxygen atoms in total. The first-order valence-corrected chi connectivity index (χ1v) is 8.08. The fraction of sp³-hybridized carbons (Fsp3) is 0.647. The summed E-state index contributed by atoms with van der Waals surface area (Å²) in [4.78, 5) is 0. The van der Waals surface area contributed by atoms with E-state index in [1.807, 2.05) is 12.1 Å². The molecular weight excluding hydrogens is 254 g/mol. The molecule has 0 bridgehead atoms. The molecule has 0 spiro atoms. The molecular formula is C17H28ClN. The van der Waals surface area contributed by atoms with Crippen molar-refractivity contribution in [2.24, 2.45) is 0 Å². The highest BCUT2D eigenvalue weighted by atomic mass is 35.5. The van der Waals surface area contributed by atoms with Crippen molar-refractivity contribution >= 4 is 11.6 Å². The first kappa shape index (κ1) is 16.5. The summed E-state index contributed by atoms with van der Waals surface area (Å²) in [6, 6.07) is 8.71. The van der Waals surface area contributed by atoms with Crippen molar-refractivity contribution < 1.29 is 0 Å². The summed E-state index contributed by atoms with van der Waals surface area (Å²) in [5.74, 6) is 0. The zero-order valence-electron chi connectivity index (χ0n) is 12.4. The van der Waals surface area contributed by atoms with Crippen LogP contribution in [0.1, 0.15) is 57.9 Å². The maximum atomic E-state index is 5.89. The van der Waals surface area contributed by atoms with E-state index in [4.69, 9.17) is 11.6 Å². The standard InChI is InChI=1S/C17H28ClN/c1-3-4-5-6-7-8-13-19-15(2)14-16-9-11-17(18)12-10-16/h9-12,15,19H,3-8,13-14H2,1-2H3. The zero-order chi connectivity index (χ0) is 13.9. The molecule has 2 heteroatoms. The molecule has 19 heavy (non-hydrogen) atoms. The summed E-state index contributed by atoms with van der Waals surface area (Å²) < 4.78 is 0. The molecule has 0 radical (unpaired) electrons. The minimum absolute atomic E-state index is 0.539. The van der Waals surface area contributed by atoms with Crippen molar-refractivity contribution in [2.75, 3.05) is 6.54 Å². The van der Waals surface area contributed by atoms with Crippen molar-refractivity contribution in [2.45, 2.75) is 64.8 Å². The summed E-state index contributed by atoms with van der Waals surface area (Å²) in [5, 5.41) is 4.42. The first-order chi connectivity index (χ1) is 9.22. The van der Waals surface area contributed by atoms with E-state index in [1.165, 1.54) is 44.1 Å². The average molecular weight is 282 g/mol. The highest BCUT2D eigenvalue weighted by molar-refractivity contribution is 6.30. The molecule has 1 aromatic carbocycles. The largest absolute Gasteiger partial charge is 0.314 e. The Hall–Kier alpha value is -0.530. The Morgan fingerprint density at radius 1 is 1.00 bits per heavy atom. The van der Waals surface area contributed by atoms with E-state index in [9.17, 15) is 0 Å². The SMILES string of the molecule is CCCCCCCCNC(C)Cc1ccc(Cl)cc1. The van der Waals surface area contributed by atoms with Crippen LogP contribution in [0.5, 0.6) is 0 Å². The van der Waals surface area contributed by atoms with E-state index in [-0.39, 0.29) is 0 Å². The summed E-state index contributed by atoms with van der Waals surface area (Å²) in [6.45, 7) is 5.66. The maximum absolute atomic E-state index is 5.89. The lowest BCUT2D eigenvalue weighted by molar-refractivity contribution is 0.511. The van der Waals surface area contributed by atoms with Crippen LogP contribution in [0.15, 0.2) is 24.3 Å². The summed E-state index contributed by atoms with van der Waals surface area (Å²) in [7, 11) is 0. The van der Waals surface area contributed by atoms with Gasteiger partial charge in [0.1, 0.15) is 0 Å². The van der Waals surface area contributed by atoms with Crippen LogP contribution >= 0.6 is 11.6 Å². The van der Waals surface area contributed by atoms with Crippen LogP contribution in [0.2, 0.25) is 5.02 Å². The van der Waals surface area contributed by atoms with Crippen molar-refractivity contribution in [3.8, 4) is 0 Å². The van der Waals surface area contributed by atoms with Gasteiger partial charge in [-0.25, -0.2) is 0 Å². The van der Waals surface area contributed by atoms with E-state index in [0.717, 1.165) is 18.0 Å². The highest BCUT2D eigenvalue weighted by Gasteiger charge is 2.02. The van der Waals surface area contributed by atoms with Gasteiger partial charge in [-0.15, -0.1) is 0 Å². The first-order valence-electron chi connectivity index (χ1n) is 7.70. The molecule has 1 N–H and O–H groups in total. The van der Waals surface area contributed by atoms with Gasteiger partial charge in [-0.1, -0.05) is 62.8 Å². The van der Waals surface area contributed by atoms with Gasteiger partial charge in [-0.3, -0.25) is 0 Å². The lowest BCUT2D eigenvalue weighted by Crippen LogP contribution is -2.28. The lowest BCUT2D eigenvalue weighted by atomic mass is 10.1. The van der Waals surface area contributed by atoms with Crippen LogP contribution in [0.3, 0.4) is 0 Å². The second-order valence-electron chi connectivity index (χ2n) is 5.45. The van der Waals surface area contributed by atoms with Crippen molar-refractivity contribution in [3.05, 3.63) is 34.9 Å². The average Bonchev–Trinajstić information content (AvgIpc) is 2.40. The molecule has 0 fully saturated rings. The van der Waals surface area contributed by atoms with Gasteiger partial charge in [0.15, 0.2) is 0 Å². The van der Waals surface area contributed by atoms with Crippen LogP contribution in [0.4, 0.5) is 0 Å². The third kappa shape index (κ3) is 8.28. The number of hydrogen-bond acceptors (Lipinski definition) is 1. The van der Waals surface area contributed by atoms with Crippen LogP contribution in [-0.2, 0) is 6.42 Å². The van der Waals surface area contributed by atoms with Gasteiger partial charge in [0, 0.05) is 11.1 Å². The van der Waals surface area contributed by atoms with Gasteiger partial charge < -0.3 is 5.32 Å². The predicted octanol–water partition coefficient (Wildman–Crippen LogP) is 5.22. The van der Waals surface area contributed by atoms with E-state index >= 15 is 0 Å². The number of rotatable bonds is 10. The monoisotopic (exact) mass is 281 g/mol. The van der Waals surface area contributed by atoms with Gasteiger partial charge in [0.25, 0.3) is 0 Å². The third-order valence-electron chi connectivity index (χ3n) is 3.48. The predicted molar refractivity (Wildman–Crippen MR) is 86.0 cm³/mol. The van der Waals surface area contributed by atoms with Gasteiger partial charge in [-0.2, -0.15) is 0 Å². The Balaban J connectivity index is 2.04. The molecule has 0 amide bonds. The topological polar surface area (TPSA) is 12.0 Å². The molecule has 0 aliphatic carbocycles. The molecule has 0 heterocycles. The number of unbranched alkanes of at least 4 members (excludes halogenated alkanes) is 5. The molecule has 0 aliphatic rings. The molecule has 0 saturated carbocycles. The normalized spacial score (nSPS) is 12.6. The van der Waals surface area contributed by atoms with Crippen molar-refractivity contribution in [1.29, 1.82) is 0 Å². The Kier molecular flexibility index (Phi) is 8.94. The van der Waals surface area contributed by atoms with Crippen LogP contribution < -0.4 is 5.32 Å². The highest BCUT2D eigenvalue weighted by Crippen LogP contribution is 2.11. The minimum Gasteiger partial charge on any atom is -0.314 e. The number of benzene rings is 1. The molecule has 108 valence electrons. The molecule has 0 aliphatic heterocycles. The van der Waals surface area contributed by atoms with Gasteiger partial charge in [-0.05, 0) is 44.0 Å². The van der Waals surface area contributed by atoms with E-state index < -0.39 is 0 Å². The van der Waals surface area contributed by atoms with Crippen LogP contribution in [-0.4, -0.2) is 12.6 Å². The number of halogens is 1. The smallest absolute Gasteiger partial charge is 0.0406 e. The van der Waals surface area contributed by atoms with Crippen molar-refractivity contribution in [3.63, 3.8) is 0 Å². The Morgan fingerprint density at radius 2 is 1.63 bits per heavy atom. The molecule has 0 saturated heterocycles. The number of hydrogen-bond donors (Lipinski definition) is 1.